The van der Waals surface area contributed by atoms with Crippen molar-refractivity contribution in [2.45, 2.75) is 46.1 Å². The summed E-state index contributed by atoms with van der Waals surface area (Å²) >= 11 is 0. The number of nitrogens with two attached hydrogens (primary N) is 1. The van der Waals surface area contributed by atoms with Crippen molar-refractivity contribution in [1.82, 2.24) is 9.97 Å². The summed E-state index contributed by atoms with van der Waals surface area (Å²) in [4.78, 5) is 8.53. The molecule has 0 bridgehead atoms. The van der Waals surface area contributed by atoms with Gasteiger partial charge < -0.3 is 5.73 Å². The zero-order valence-electron chi connectivity index (χ0n) is 9.90. The average Bonchev–Trinajstić information content (AvgIpc) is 2.26. The number of rotatable bonds is 5. The van der Waals surface area contributed by atoms with E-state index >= 15 is 0 Å². The van der Waals surface area contributed by atoms with E-state index in [1.165, 1.54) is 12.8 Å². The highest BCUT2D eigenvalue weighted by Gasteiger charge is 2.13. The molecule has 1 aromatic rings. The molecule has 1 rings (SSSR count). The lowest BCUT2D eigenvalue weighted by Crippen LogP contribution is -2.17. The van der Waals surface area contributed by atoms with Crippen LogP contribution in [0.2, 0.25) is 0 Å². The Labute approximate surface area is 92.1 Å². The van der Waals surface area contributed by atoms with Crippen molar-refractivity contribution in [3.05, 3.63) is 23.8 Å². The van der Waals surface area contributed by atoms with Crippen LogP contribution in [0.15, 0.2) is 12.4 Å². The molecule has 15 heavy (non-hydrogen) atoms. The molecule has 84 valence electrons. The summed E-state index contributed by atoms with van der Waals surface area (Å²) in [5, 5.41) is 0. The molecule has 0 spiro atoms. The fourth-order valence-corrected chi connectivity index (χ4v) is 1.68. The lowest BCUT2D eigenvalue weighted by Gasteiger charge is -2.16. The van der Waals surface area contributed by atoms with Crippen molar-refractivity contribution in [3.63, 3.8) is 0 Å². The maximum atomic E-state index is 6.07. The number of hydrogen-bond acceptors (Lipinski definition) is 3. The Morgan fingerprint density at radius 1 is 1.20 bits per heavy atom. The second-order valence-electron chi connectivity index (χ2n) is 4.14. The minimum absolute atomic E-state index is 0.0181. The zero-order valence-corrected chi connectivity index (χ0v) is 9.90. The van der Waals surface area contributed by atoms with Crippen LogP contribution in [-0.4, -0.2) is 9.97 Å². The van der Waals surface area contributed by atoms with Gasteiger partial charge in [0, 0.05) is 12.4 Å². The molecule has 0 aliphatic rings. The third kappa shape index (κ3) is 3.59. The minimum atomic E-state index is -0.0181. The second-order valence-corrected chi connectivity index (χ2v) is 4.14. The van der Waals surface area contributed by atoms with Gasteiger partial charge in [0.2, 0.25) is 0 Å². The molecule has 1 unspecified atom stereocenters. The number of nitrogens with zero attached hydrogens (tertiary/aromatic N) is 2. The van der Waals surface area contributed by atoms with Crippen molar-refractivity contribution < 1.29 is 0 Å². The van der Waals surface area contributed by atoms with Gasteiger partial charge in [-0.2, -0.15) is 0 Å². The molecule has 0 fully saturated rings. The van der Waals surface area contributed by atoms with Crippen molar-refractivity contribution in [2.75, 3.05) is 0 Å². The van der Waals surface area contributed by atoms with Gasteiger partial charge >= 0.3 is 0 Å². The third-order valence-corrected chi connectivity index (χ3v) is 2.87. The quantitative estimate of drug-likeness (QED) is 0.807. The van der Waals surface area contributed by atoms with Crippen LogP contribution in [0.3, 0.4) is 0 Å². The molecule has 1 aromatic heterocycles. The first-order chi connectivity index (χ1) is 7.17. The SMILES string of the molecule is CCC(CC)CC(N)c1ncc(C)cn1. The standard InChI is InChI=1S/C12H21N3/c1-4-10(5-2)6-11(13)12-14-7-9(3)8-15-12/h7-8,10-11H,4-6,13H2,1-3H3. The van der Waals surface area contributed by atoms with E-state index in [2.05, 4.69) is 23.8 Å². The van der Waals surface area contributed by atoms with Crippen molar-refractivity contribution >= 4 is 0 Å². The number of aryl methyl sites for hydroxylation is 1. The molecule has 0 aliphatic carbocycles. The normalized spacial score (nSPS) is 13.1. The largest absolute Gasteiger partial charge is 0.321 e. The van der Waals surface area contributed by atoms with E-state index in [1.54, 1.807) is 0 Å². The van der Waals surface area contributed by atoms with Crippen molar-refractivity contribution in [2.24, 2.45) is 11.7 Å². The van der Waals surface area contributed by atoms with Crippen LogP contribution in [0.4, 0.5) is 0 Å². The van der Waals surface area contributed by atoms with Crippen molar-refractivity contribution in [1.29, 1.82) is 0 Å². The Balaban J connectivity index is 2.60. The minimum Gasteiger partial charge on any atom is -0.321 e. The van der Waals surface area contributed by atoms with E-state index in [0.717, 1.165) is 17.8 Å². The molecule has 0 amide bonds. The van der Waals surface area contributed by atoms with Gasteiger partial charge in [0.05, 0.1) is 6.04 Å². The summed E-state index contributed by atoms with van der Waals surface area (Å²) in [5.41, 5.74) is 7.15. The Bertz CT molecular complexity index is 277. The van der Waals surface area contributed by atoms with E-state index in [0.29, 0.717) is 5.92 Å². The number of hydrogen-bond donors (Lipinski definition) is 1. The summed E-state index contributed by atoms with van der Waals surface area (Å²) in [7, 11) is 0. The summed E-state index contributed by atoms with van der Waals surface area (Å²) in [6.07, 6.45) is 6.99. The molecule has 2 N–H and O–H groups in total. The average molecular weight is 207 g/mol. The second kappa shape index (κ2) is 5.81. The predicted octanol–water partition coefficient (Wildman–Crippen LogP) is 2.61. The molecular weight excluding hydrogens is 186 g/mol. The Kier molecular flexibility index (Phi) is 4.69. The topological polar surface area (TPSA) is 51.8 Å². The Morgan fingerprint density at radius 2 is 1.73 bits per heavy atom. The monoisotopic (exact) mass is 207 g/mol. The van der Waals surface area contributed by atoms with E-state index in [-0.39, 0.29) is 6.04 Å². The van der Waals surface area contributed by atoms with Crippen LogP contribution in [0.1, 0.15) is 50.5 Å². The van der Waals surface area contributed by atoms with Gasteiger partial charge in [-0.3, -0.25) is 0 Å². The number of aromatic nitrogens is 2. The van der Waals surface area contributed by atoms with Gasteiger partial charge in [0.1, 0.15) is 5.82 Å². The highest BCUT2D eigenvalue weighted by molar-refractivity contribution is 5.04. The molecule has 0 aromatic carbocycles. The highest BCUT2D eigenvalue weighted by atomic mass is 14.9. The first kappa shape index (κ1) is 12.1. The summed E-state index contributed by atoms with van der Waals surface area (Å²) in [6.45, 7) is 6.39. The van der Waals surface area contributed by atoms with Gasteiger partial charge in [-0.25, -0.2) is 9.97 Å². The zero-order chi connectivity index (χ0) is 11.3. The first-order valence-corrected chi connectivity index (χ1v) is 5.71. The third-order valence-electron chi connectivity index (χ3n) is 2.87. The molecule has 1 atom stereocenters. The van der Waals surface area contributed by atoms with Gasteiger partial charge in [-0.15, -0.1) is 0 Å². The fourth-order valence-electron chi connectivity index (χ4n) is 1.68. The van der Waals surface area contributed by atoms with E-state index in [9.17, 15) is 0 Å². The van der Waals surface area contributed by atoms with E-state index in [1.807, 2.05) is 19.3 Å². The predicted molar refractivity (Wildman–Crippen MR) is 62.4 cm³/mol. The van der Waals surface area contributed by atoms with Gasteiger partial charge in [0.15, 0.2) is 0 Å². The van der Waals surface area contributed by atoms with Crippen LogP contribution >= 0.6 is 0 Å². The van der Waals surface area contributed by atoms with Crippen LogP contribution < -0.4 is 5.73 Å². The Hall–Kier alpha value is -0.960. The molecule has 0 radical (unpaired) electrons. The van der Waals surface area contributed by atoms with E-state index in [4.69, 9.17) is 5.73 Å². The lowest BCUT2D eigenvalue weighted by atomic mass is 9.95. The maximum Gasteiger partial charge on any atom is 0.144 e. The van der Waals surface area contributed by atoms with Gasteiger partial charge in [-0.1, -0.05) is 26.7 Å². The summed E-state index contributed by atoms with van der Waals surface area (Å²) in [5.74, 6) is 1.46. The molecule has 0 saturated carbocycles. The summed E-state index contributed by atoms with van der Waals surface area (Å²) in [6, 6.07) is -0.0181. The molecule has 3 nitrogen and oxygen atoms in total. The Morgan fingerprint density at radius 3 is 2.20 bits per heavy atom. The smallest absolute Gasteiger partial charge is 0.144 e. The molecule has 1 heterocycles. The van der Waals surface area contributed by atoms with Crippen LogP contribution in [0, 0.1) is 12.8 Å². The van der Waals surface area contributed by atoms with E-state index < -0.39 is 0 Å². The maximum absolute atomic E-state index is 6.07. The first-order valence-electron chi connectivity index (χ1n) is 5.71. The van der Waals surface area contributed by atoms with Crippen LogP contribution in [0.25, 0.3) is 0 Å². The summed E-state index contributed by atoms with van der Waals surface area (Å²) < 4.78 is 0. The molecule has 0 saturated heterocycles. The highest BCUT2D eigenvalue weighted by Crippen LogP contribution is 2.20. The van der Waals surface area contributed by atoms with Crippen molar-refractivity contribution in [3.8, 4) is 0 Å². The fraction of sp³-hybridized carbons (Fsp3) is 0.667. The van der Waals surface area contributed by atoms with Crippen LogP contribution in [-0.2, 0) is 0 Å². The molecular formula is C12H21N3. The van der Waals surface area contributed by atoms with Crippen LogP contribution in [0.5, 0.6) is 0 Å². The lowest BCUT2D eigenvalue weighted by molar-refractivity contribution is 0.406. The molecule has 0 aliphatic heterocycles. The molecule has 3 heteroatoms. The van der Waals surface area contributed by atoms with Gasteiger partial charge in [-0.05, 0) is 24.8 Å². The van der Waals surface area contributed by atoms with Gasteiger partial charge in [0.25, 0.3) is 0 Å².